The average molecular weight is 337 g/mol. The van der Waals surface area contributed by atoms with Crippen molar-refractivity contribution < 1.29 is 0 Å². The molecule has 0 aliphatic heterocycles. The molecule has 0 saturated carbocycles. The maximum absolute atomic E-state index is 6.38. The molecule has 24 heavy (non-hydrogen) atoms. The molecule has 6 nitrogen and oxygen atoms in total. The van der Waals surface area contributed by atoms with Crippen LogP contribution in [0.4, 0.5) is 0 Å². The molecule has 118 valence electrons. The molecule has 1 aromatic carbocycles. The molecule has 0 bridgehead atoms. The summed E-state index contributed by atoms with van der Waals surface area (Å²) in [6.45, 7) is 1.94. The molecule has 1 N–H and O–H groups in total. The number of aromatic nitrogens is 6. The van der Waals surface area contributed by atoms with Crippen LogP contribution in [0.3, 0.4) is 0 Å². The second-order valence-corrected chi connectivity index (χ2v) is 5.71. The molecule has 0 atom stereocenters. The molecule has 0 spiro atoms. The summed E-state index contributed by atoms with van der Waals surface area (Å²) in [6.07, 6.45) is 5.16. The van der Waals surface area contributed by atoms with E-state index in [1.807, 2.05) is 49.5 Å². The molecule has 0 aliphatic carbocycles. The van der Waals surface area contributed by atoms with Crippen LogP contribution in [-0.2, 0) is 0 Å². The van der Waals surface area contributed by atoms with E-state index in [0.29, 0.717) is 16.5 Å². The fourth-order valence-corrected chi connectivity index (χ4v) is 2.79. The van der Waals surface area contributed by atoms with E-state index in [9.17, 15) is 0 Å². The predicted molar refractivity (Wildman–Crippen MR) is 91.9 cm³/mol. The Morgan fingerprint density at radius 2 is 1.96 bits per heavy atom. The van der Waals surface area contributed by atoms with Crippen LogP contribution in [0.2, 0.25) is 5.02 Å². The fraction of sp³-hybridized carbons (Fsp3) is 0.0588. The summed E-state index contributed by atoms with van der Waals surface area (Å²) >= 11 is 6.38. The molecule has 0 saturated heterocycles. The molecule has 0 radical (unpaired) electrons. The summed E-state index contributed by atoms with van der Waals surface area (Å²) in [7, 11) is 0. The highest BCUT2D eigenvalue weighted by atomic mass is 35.5. The quantitative estimate of drug-likeness (QED) is 0.619. The highest BCUT2D eigenvalue weighted by Gasteiger charge is 2.18. The number of H-pyrrole nitrogens is 1. The first-order chi connectivity index (χ1) is 11.7. The zero-order valence-electron chi connectivity index (χ0n) is 12.8. The molecule has 0 fully saturated rings. The number of aryl methyl sites for hydroxylation is 1. The summed E-state index contributed by atoms with van der Waals surface area (Å²) in [4.78, 5) is 8.45. The topological polar surface area (TPSA) is 72.3 Å². The van der Waals surface area contributed by atoms with Crippen LogP contribution < -0.4 is 0 Å². The SMILES string of the molecule is Cc1cc(-n2cc(-c3ccccc3Cl)c(-c3ncn[nH]3)n2)ccn1. The van der Waals surface area contributed by atoms with Gasteiger partial charge in [-0.15, -0.1) is 0 Å². The van der Waals surface area contributed by atoms with Gasteiger partial charge in [0.05, 0.1) is 5.69 Å². The third-order valence-electron chi connectivity index (χ3n) is 3.66. The molecule has 7 heteroatoms. The minimum atomic E-state index is 0.592. The number of benzene rings is 1. The molecular weight excluding hydrogens is 324 g/mol. The third-order valence-corrected chi connectivity index (χ3v) is 3.99. The van der Waals surface area contributed by atoms with Gasteiger partial charge in [0.1, 0.15) is 12.0 Å². The Labute approximate surface area is 143 Å². The largest absolute Gasteiger partial charge is 0.261 e. The zero-order chi connectivity index (χ0) is 16.5. The van der Waals surface area contributed by atoms with Gasteiger partial charge in [0.15, 0.2) is 5.82 Å². The number of nitrogens with one attached hydrogen (secondary N) is 1. The van der Waals surface area contributed by atoms with E-state index in [2.05, 4.69) is 25.3 Å². The van der Waals surface area contributed by atoms with Crippen LogP contribution in [0.15, 0.2) is 55.1 Å². The van der Waals surface area contributed by atoms with Gasteiger partial charge in [-0.1, -0.05) is 29.8 Å². The van der Waals surface area contributed by atoms with Gasteiger partial charge in [0, 0.05) is 34.2 Å². The summed E-state index contributed by atoms with van der Waals surface area (Å²) in [5.41, 5.74) is 4.30. The molecule has 3 heterocycles. The van der Waals surface area contributed by atoms with E-state index in [1.54, 1.807) is 10.9 Å². The van der Waals surface area contributed by atoms with Crippen LogP contribution >= 0.6 is 11.6 Å². The Morgan fingerprint density at radius 1 is 1.08 bits per heavy atom. The van der Waals surface area contributed by atoms with Crippen molar-refractivity contribution in [1.82, 2.24) is 29.9 Å². The van der Waals surface area contributed by atoms with Crippen molar-refractivity contribution >= 4 is 11.6 Å². The van der Waals surface area contributed by atoms with Crippen molar-refractivity contribution in [2.24, 2.45) is 0 Å². The summed E-state index contributed by atoms with van der Waals surface area (Å²) < 4.78 is 1.80. The molecule has 3 aromatic heterocycles. The van der Waals surface area contributed by atoms with Crippen LogP contribution in [0, 0.1) is 6.92 Å². The van der Waals surface area contributed by atoms with Gasteiger partial charge in [-0.3, -0.25) is 10.1 Å². The van der Waals surface area contributed by atoms with E-state index in [0.717, 1.165) is 22.5 Å². The minimum absolute atomic E-state index is 0.592. The van der Waals surface area contributed by atoms with Crippen LogP contribution in [0.1, 0.15) is 5.69 Å². The van der Waals surface area contributed by atoms with Gasteiger partial charge >= 0.3 is 0 Å². The maximum atomic E-state index is 6.38. The smallest absolute Gasteiger partial charge is 0.176 e. The fourth-order valence-electron chi connectivity index (χ4n) is 2.55. The lowest BCUT2D eigenvalue weighted by atomic mass is 10.1. The highest BCUT2D eigenvalue weighted by Crippen LogP contribution is 2.34. The Bertz CT molecular complexity index is 990. The number of aromatic amines is 1. The van der Waals surface area contributed by atoms with Gasteiger partial charge in [0.25, 0.3) is 0 Å². The van der Waals surface area contributed by atoms with Gasteiger partial charge in [-0.05, 0) is 25.1 Å². The zero-order valence-corrected chi connectivity index (χ0v) is 13.6. The van der Waals surface area contributed by atoms with Crippen molar-refractivity contribution in [1.29, 1.82) is 0 Å². The molecule has 4 aromatic rings. The van der Waals surface area contributed by atoms with E-state index in [4.69, 9.17) is 11.6 Å². The lowest BCUT2D eigenvalue weighted by Gasteiger charge is -2.02. The molecule has 0 amide bonds. The normalized spacial score (nSPS) is 10.9. The Morgan fingerprint density at radius 3 is 2.71 bits per heavy atom. The van der Waals surface area contributed by atoms with Gasteiger partial charge in [-0.25, -0.2) is 9.67 Å². The first-order valence-electron chi connectivity index (χ1n) is 7.36. The average Bonchev–Trinajstić information content (AvgIpc) is 3.25. The standard InChI is InChI=1S/C17H13ClN6/c1-11-8-12(6-7-19-11)24-9-14(13-4-2-3-5-15(13)18)16(23-24)17-20-10-21-22-17/h2-10H,1H3,(H,20,21,22). The summed E-state index contributed by atoms with van der Waals surface area (Å²) in [5.74, 6) is 0.592. The minimum Gasteiger partial charge on any atom is -0.261 e. The van der Waals surface area contributed by atoms with E-state index in [-0.39, 0.29) is 0 Å². The lowest BCUT2D eigenvalue weighted by molar-refractivity contribution is 0.874. The molecule has 0 unspecified atom stereocenters. The summed E-state index contributed by atoms with van der Waals surface area (Å²) in [6, 6.07) is 11.5. The molecule has 0 aliphatic rings. The second-order valence-electron chi connectivity index (χ2n) is 5.31. The van der Waals surface area contributed by atoms with Crippen LogP contribution in [-0.4, -0.2) is 29.9 Å². The predicted octanol–water partition coefficient (Wildman–Crippen LogP) is 3.68. The van der Waals surface area contributed by atoms with Crippen molar-refractivity contribution in [3.63, 3.8) is 0 Å². The number of nitrogens with zero attached hydrogens (tertiary/aromatic N) is 5. The van der Waals surface area contributed by atoms with Crippen molar-refractivity contribution in [2.75, 3.05) is 0 Å². The monoisotopic (exact) mass is 336 g/mol. The number of rotatable bonds is 3. The maximum Gasteiger partial charge on any atom is 0.176 e. The van der Waals surface area contributed by atoms with Crippen molar-refractivity contribution in [3.8, 4) is 28.3 Å². The highest BCUT2D eigenvalue weighted by molar-refractivity contribution is 6.33. The second kappa shape index (κ2) is 5.90. The molecule has 4 rings (SSSR count). The first-order valence-corrected chi connectivity index (χ1v) is 7.73. The van der Waals surface area contributed by atoms with Crippen LogP contribution in [0.5, 0.6) is 0 Å². The van der Waals surface area contributed by atoms with Gasteiger partial charge < -0.3 is 0 Å². The number of hydrogen-bond donors (Lipinski definition) is 1. The van der Waals surface area contributed by atoms with E-state index in [1.165, 1.54) is 6.33 Å². The first kappa shape index (κ1) is 14.6. The van der Waals surface area contributed by atoms with E-state index >= 15 is 0 Å². The van der Waals surface area contributed by atoms with Crippen molar-refractivity contribution in [2.45, 2.75) is 6.92 Å². The summed E-state index contributed by atoms with van der Waals surface area (Å²) in [5, 5.41) is 12.1. The van der Waals surface area contributed by atoms with Crippen LogP contribution in [0.25, 0.3) is 28.3 Å². The number of hydrogen-bond acceptors (Lipinski definition) is 4. The Hall–Kier alpha value is -2.99. The Balaban J connectivity index is 1.94. The lowest BCUT2D eigenvalue weighted by Crippen LogP contribution is -1.96. The van der Waals surface area contributed by atoms with E-state index < -0.39 is 0 Å². The van der Waals surface area contributed by atoms with Gasteiger partial charge in [0.2, 0.25) is 0 Å². The Kier molecular flexibility index (Phi) is 3.59. The number of pyridine rings is 1. The van der Waals surface area contributed by atoms with Crippen molar-refractivity contribution in [3.05, 3.63) is 65.8 Å². The number of halogens is 1. The molecular formula is C17H13ClN6. The third kappa shape index (κ3) is 2.57. The van der Waals surface area contributed by atoms with Gasteiger partial charge in [-0.2, -0.15) is 10.2 Å².